The fraction of sp³-hybridized carbons (Fsp3) is 0.938. The molecule has 1 unspecified atom stereocenters. The molecule has 1 atom stereocenters. The van der Waals surface area contributed by atoms with Crippen molar-refractivity contribution < 1.29 is 9.53 Å². The Morgan fingerprint density at radius 2 is 1.12 bits per heavy atom. The molecule has 26 heavy (non-hydrogen) atoms. The van der Waals surface area contributed by atoms with Crippen LogP contribution in [0.1, 0.15) is 6.42 Å². The van der Waals surface area contributed by atoms with Crippen LogP contribution in [-0.2, 0) is 9.53 Å². The van der Waals surface area contributed by atoms with Crippen LogP contribution < -0.4 is 0 Å². The summed E-state index contributed by atoms with van der Waals surface area (Å²) in [4.78, 5) is 12.9. The van der Waals surface area contributed by atoms with E-state index < -0.39 is 49.6 Å². The van der Waals surface area contributed by atoms with Crippen molar-refractivity contribution in [2.75, 3.05) is 6.61 Å². The summed E-state index contributed by atoms with van der Waals surface area (Å²) in [7, 11) is -6.55. The van der Waals surface area contributed by atoms with Crippen molar-refractivity contribution in [2.45, 2.75) is 88.9 Å². The van der Waals surface area contributed by atoms with Gasteiger partial charge in [0, 0.05) is 0 Å². The van der Waals surface area contributed by atoms with Crippen molar-refractivity contribution in [1.29, 1.82) is 0 Å². The Bertz CT molecular complexity index is 478. The molecule has 0 aliphatic carbocycles. The van der Waals surface area contributed by atoms with Gasteiger partial charge in [-0.1, -0.05) is 0 Å². The molecule has 1 saturated heterocycles. The molecule has 0 saturated carbocycles. The van der Waals surface area contributed by atoms with Crippen LogP contribution >= 0.6 is 12.7 Å². The first-order chi connectivity index (χ1) is 11.2. The van der Waals surface area contributed by atoms with Crippen molar-refractivity contribution in [2.24, 2.45) is 0 Å². The van der Waals surface area contributed by atoms with Crippen molar-refractivity contribution >= 4 is 68.3 Å². The van der Waals surface area contributed by atoms with Crippen molar-refractivity contribution in [3.63, 3.8) is 0 Å². The van der Waals surface area contributed by atoms with Gasteiger partial charge < -0.3 is 0 Å². The van der Waals surface area contributed by atoms with Gasteiger partial charge in [-0.2, -0.15) is 0 Å². The van der Waals surface area contributed by atoms with Gasteiger partial charge in [-0.05, 0) is 0 Å². The second-order valence-electron chi connectivity index (χ2n) is 11.5. The SMILES string of the molecule is C[Si](C)(C)[N]([Si](C)(C)C)[Sn]([Br])([CH]1CCOC1=O)[N]([Si](C)(C)C)[Si](C)(C)C. The summed E-state index contributed by atoms with van der Waals surface area (Å²) >= 11 is 1.08. The maximum atomic E-state index is 12.9. The van der Waals surface area contributed by atoms with E-state index >= 15 is 0 Å². The van der Waals surface area contributed by atoms with Crippen LogP contribution in [0.25, 0.3) is 0 Å². The van der Waals surface area contributed by atoms with Crippen LogP contribution in [0.3, 0.4) is 0 Å². The minimum absolute atomic E-state index is 0.0701. The molecule has 1 aliphatic rings. The van der Waals surface area contributed by atoms with Gasteiger partial charge in [0.1, 0.15) is 0 Å². The molecule has 0 bridgehead atoms. The van der Waals surface area contributed by atoms with Gasteiger partial charge in [0.2, 0.25) is 0 Å². The fourth-order valence-electron chi connectivity index (χ4n) is 5.14. The summed E-state index contributed by atoms with van der Waals surface area (Å²) in [6.07, 6.45) is 0.900. The van der Waals surface area contributed by atoms with Crippen LogP contribution in [0.2, 0.25) is 82.5 Å². The van der Waals surface area contributed by atoms with Crippen LogP contribution in [0.4, 0.5) is 0 Å². The summed E-state index contributed by atoms with van der Waals surface area (Å²) < 4.78 is 11.7. The van der Waals surface area contributed by atoms with Crippen LogP contribution in [0, 0.1) is 0 Å². The number of cyclic esters (lactones) is 1. The van der Waals surface area contributed by atoms with Gasteiger partial charge >= 0.3 is 178 Å². The fourth-order valence-corrected chi connectivity index (χ4v) is 117. The zero-order valence-corrected chi connectivity index (χ0v) is 27.5. The number of nitrogens with zero attached hydrogens (tertiary/aromatic N) is 2. The Balaban J connectivity index is 3.85. The van der Waals surface area contributed by atoms with E-state index in [1.807, 2.05) is 0 Å². The van der Waals surface area contributed by atoms with E-state index in [-0.39, 0.29) is 9.90 Å². The molecule has 0 aromatic carbocycles. The van der Waals surface area contributed by atoms with Crippen molar-refractivity contribution in [3.8, 4) is 0 Å². The number of carbonyl (C=O) groups is 1. The van der Waals surface area contributed by atoms with Gasteiger partial charge in [0.15, 0.2) is 0 Å². The second-order valence-corrected chi connectivity index (χ2v) is 52.7. The van der Waals surface area contributed by atoms with Gasteiger partial charge in [-0.3, -0.25) is 0 Å². The standard InChI is InChI=1S/2C6H18NSi2.C4H5O2.BrH.Sn/c2*1-8(2,3)7-9(4,5)6;5-4-2-1-3-6-4;;/h2*1-6H3;2H,1,3H2;1H;/q2*-1;;;+3/p-1. The number of halogens is 1. The van der Waals surface area contributed by atoms with Gasteiger partial charge in [0.25, 0.3) is 0 Å². The first kappa shape index (κ1) is 25.6. The van der Waals surface area contributed by atoms with Crippen molar-refractivity contribution in [1.82, 2.24) is 4.91 Å². The average molecular weight is 604 g/mol. The van der Waals surface area contributed by atoms with E-state index in [2.05, 4.69) is 96.2 Å². The summed E-state index contributed by atoms with van der Waals surface area (Å²) in [6.45, 7) is 30.3. The predicted molar refractivity (Wildman–Crippen MR) is 131 cm³/mol. The molecule has 154 valence electrons. The molecular weight excluding hydrogens is 563 g/mol. The number of carbonyl (C=O) groups excluding carboxylic acids is 1. The average Bonchev–Trinajstić information content (AvgIpc) is 2.66. The molecule has 1 fully saturated rings. The molecule has 0 aromatic heterocycles. The zero-order chi connectivity index (χ0) is 20.9. The van der Waals surface area contributed by atoms with E-state index in [1.165, 1.54) is 0 Å². The summed E-state index contributed by atoms with van der Waals surface area (Å²) in [5.74, 6) is 0.0701. The van der Waals surface area contributed by atoms with Gasteiger partial charge in [-0.15, -0.1) is 0 Å². The Labute approximate surface area is 177 Å². The van der Waals surface area contributed by atoms with Crippen molar-refractivity contribution in [3.05, 3.63) is 0 Å². The van der Waals surface area contributed by atoms with Gasteiger partial charge in [0.05, 0.1) is 0 Å². The molecule has 0 N–H and O–H groups in total. The predicted octanol–water partition coefficient (Wildman–Crippen LogP) is 5.58. The van der Waals surface area contributed by atoms with Gasteiger partial charge in [-0.25, -0.2) is 0 Å². The molecule has 0 spiro atoms. The molecule has 1 rings (SSSR count). The van der Waals surface area contributed by atoms with Crippen LogP contribution in [0.5, 0.6) is 0 Å². The summed E-state index contributed by atoms with van der Waals surface area (Å²) in [6, 6.07) is 0. The Morgan fingerprint density at radius 1 is 0.808 bits per heavy atom. The molecule has 10 heteroatoms. The Kier molecular flexibility index (Phi) is 7.86. The number of ether oxygens (including phenoxy) is 1. The van der Waals surface area contributed by atoms with E-state index in [0.29, 0.717) is 6.61 Å². The first-order valence-corrected chi connectivity index (χ1v) is 34.1. The molecular formula is C16H41BrN2O2Si4Sn. The molecule has 0 aromatic rings. The number of hydrogen-bond donors (Lipinski definition) is 0. The van der Waals surface area contributed by atoms with E-state index in [4.69, 9.17) is 4.74 Å². The third-order valence-electron chi connectivity index (χ3n) is 4.69. The number of esters is 1. The number of rotatable bonds is 7. The van der Waals surface area contributed by atoms with E-state index in [1.54, 1.807) is 0 Å². The molecule has 1 heterocycles. The third kappa shape index (κ3) is 5.36. The topological polar surface area (TPSA) is 32.8 Å². The number of hydrogen-bond acceptors (Lipinski definition) is 4. The van der Waals surface area contributed by atoms with E-state index in [0.717, 1.165) is 6.42 Å². The van der Waals surface area contributed by atoms with Crippen LogP contribution in [-0.4, -0.2) is 67.1 Å². The quantitative estimate of drug-likeness (QED) is 0.281. The second kappa shape index (κ2) is 7.99. The minimum atomic E-state index is -3.45. The summed E-state index contributed by atoms with van der Waals surface area (Å²) in [5, 5.41) is 0. The normalized spacial score (nSPS) is 20.9. The molecule has 1 aliphatic heterocycles. The molecule has 4 nitrogen and oxygen atoms in total. The monoisotopic (exact) mass is 604 g/mol. The Hall–Kier alpha value is 1.54. The zero-order valence-electron chi connectivity index (χ0n) is 19.1. The molecule has 0 radical (unpaired) electrons. The maximum absolute atomic E-state index is 12.9. The van der Waals surface area contributed by atoms with Crippen LogP contribution in [0.15, 0.2) is 0 Å². The first-order valence-electron chi connectivity index (χ1n) is 9.71. The molecule has 0 amide bonds. The summed E-state index contributed by atoms with van der Waals surface area (Å²) in [5.41, 5.74) is 0. The van der Waals surface area contributed by atoms with E-state index in [9.17, 15) is 4.79 Å². The Morgan fingerprint density at radius 3 is 1.31 bits per heavy atom. The third-order valence-corrected chi connectivity index (χ3v) is 75.1.